The number of aliphatic carboxylic acids is 1. The van der Waals surface area contributed by atoms with Crippen molar-refractivity contribution in [1.29, 1.82) is 0 Å². The number of carbonyl (C=O) groups is 2. The van der Waals surface area contributed by atoms with Crippen LogP contribution in [0.1, 0.15) is 49.2 Å². The third-order valence-electron chi connectivity index (χ3n) is 6.08. The Labute approximate surface area is 247 Å². The number of methoxy groups -OCH3 is 1. The lowest BCUT2D eigenvalue weighted by Crippen LogP contribution is -2.15. The van der Waals surface area contributed by atoms with E-state index in [1.165, 1.54) is 7.11 Å². The maximum atomic E-state index is 14.1. The molecule has 0 radical (unpaired) electrons. The van der Waals surface area contributed by atoms with Gasteiger partial charge in [0, 0.05) is 22.5 Å². The molecule has 0 saturated heterocycles. The lowest BCUT2D eigenvalue weighted by Gasteiger charge is -2.21. The van der Waals surface area contributed by atoms with E-state index in [4.69, 9.17) is 14.2 Å². The molecule has 0 aliphatic rings. The second-order valence-electron chi connectivity index (χ2n) is 9.82. The van der Waals surface area contributed by atoms with E-state index < -0.39 is 5.97 Å². The number of ether oxygens (including phenoxy) is 3. The second kappa shape index (κ2) is 13.2. The number of benzene rings is 3. The van der Waals surface area contributed by atoms with Gasteiger partial charge < -0.3 is 19.3 Å². The molecule has 0 spiro atoms. The fourth-order valence-corrected chi connectivity index (χ4v) is 5.27. The SMILES string of the molecule is COc1cc(CC(C(=O)c2ccc(SC)cc2)=C(C(=O)O)c2ccc3nsnc3c2)cc(OC(C)C)c1OC(C)C. The standard InChI is InChI=1S/C31H32N2O6S2/c1-17(2)38-27-15-19(14-26(37-5)30(27)39-18(3)4)13-23(29(34)20-7-10-22(40-6)11-8-20)28(31(35)36)21-9-12-24-25(16-21)33-41-32-24/h7-12,14-18H,13H2,1-6H3,(H,35,36). The number of rotatable bonds is 12. The average Bonchev–Trinajstić information content (AvgIpc) is 3.41. The molecule has 0 atom stereocenters. The van der Waals surface area contributed by atoms with Crippen LogP contribution < -0.4 is 14.2 Å². The Morgan fingerprint density at radius 1 is 0.878 bits per heavy atom. The molecule has 8 nitrogen and oxygen atoms in total. The Bertz CT molecular complexity index is 1590. The zero-order valence-corrected chi connectivity index (χ0v) is 25.4. The van der Waals surface area contributed by atoms with Gasteiger partial charge in [-0.15, -0.1) is 11.8 Å². The molecule has 0 saturated carbocycles. The molecule has 10 heteroatoms. The highest BCUT2D eigenvalue weighted by molar-refractivity contribution is 7.98. The van der Waals surface area contributed by atoms with Crippen molar-refractivity contribution in [2.75, 3.05) is 13.4 Å². The van der Waals surface area contributed by atoms with Crippen LogP contribution in [0.2, 0.25) is 0 Å². The zero-order chi connectivity index (χ0) is 29.7. The fraction of sp³-hybridized carbons (Fsp3) is 0.290. The molecular weight excluding hydrogens is 560 g/mol. The number of carboxylic acid groups (broad SMARTS) is 1. The van der Waals surface area contributed by atoms with Gasteiger partial charge in [0.1, 0.15) is 11.0 Å². The molecule has 0 aliphatic heterocycles. The molecule has 41 heavy (non-hydrogen) atoms. The molecule has 3 aromatic carbocycles. The number of fused-ring (bicyclic) bond motifs is 1. The van der Waals surface area contributed by atoms with Crippen molar-refractivity contribution < 1.29 is 28.9 Å². The van der Waals surface area contributed by atoms with Crippen LogP contribution in [0.25, 0.3) is 16.6 Å². The summed E-state index contributed by atoms with van der Waals surface area (Å²) < 4.78 is 26.2. The van der Waals surface area contributed by atoms with Gasteiger partial charge in [-0.3, -0.25) is 4.79 Å². The third kappa shape index (κ3) is 7.07. The Balaban J connectivity index is 1.93. The first-order valence-electron chi connectivity index (χ1n) is 13.0. The van der Waals surface area contributed by atoms with Gasteiger partial charge >= 0.3 is 5.97 Å². The Morgan fingerprint density at radius 3 is 2.12 bits per heavy atom. The summed E-state index contributed by atoms with van der Waals surface area (Å²) in [6, 6.07) is 15.7. The van der Waals surface area contributed by atoms with E-state index >= 15 is 0 Å². The van der Waals surface area contributed by atoms with Gasteiger partial charge in [0.2, 0.25) is 5.75 Å². The summed E-state index contributed by atoms with van der Waals surface area (Å²) in [7, 11) is 1.53. The molecule has 4 rings (SSSR count). The van der Waals surface area contributed by atoms with Crippen molar-refractivity contribution in [3.63, 3.8) is 0 Å². The Kier molecular flexibility index (Phi) is 9.67. The summed E-state index contributed by atoms with van der Waals surface area (Å²) >= 11 is 2.60. The number of thioether (sulfide) groups is 1. The first kappa shape index (κ1) is 30.1. The minimum Gasteiger partial charge on any atom is -0.493 e. The third-order valence-corrected chi connectivity index (χ3v) is 7.38. The minimum atomic E-state index is -1.22. The highest BCUT2D eigenvalue weighted by Gasteiger charge is 2.26. The van der Waals surface area contributed by atoms with Crippen LogP contribution in [-0.4, -0.2) is 51.2 Å². The van der Waals surface area contributed by atoms with Crippen LogP contribution in [0.3, 0.4) is 0 Å². The number of hydrogen-bond donors (Lipinski definition) is 1. The lowest BCUT2D eigenvalue weighted by molar-refractivity contribution is -0.130. The van der Waals surface area contributed by atoms with Crippen LogP contribution in [0, 0.1) is 0 Å². The fourth-order valence-electron chi connectivity index (χ4n) is 4.35. The molecule has 0 fully saturated rings. The van der Waals surface area contributed by atoms with Gasteiger partial charge in [-0.25, -0.2) is 4.79 Å². The van der Waals surface area contributed by atoms with E-state index in [0.717, 1.165) is 16.6 Å². The maximum Gasteiger partial charge on any atom is 0.336 e. The molecule has 0 unspecified atom stereocenters. The van der Waals surface area contributed by atoms with Crippen molar-refractivity contribution in [3.05, 3.63) is 76.9 Å². The number of allylic oxidation sites excluding steroid dienone is 1. The molecule has 1 aromatic heterocycles. The number of Topliss-reactive ketones (excluding diaryl/α,β-unsaturated/α-hetero) is 1. The summed E-state index contributed by atoms with van der Waals surface area (Å²) in [5, 5.41) is 10.5. The van der Waals surface area contributed by atoms with Crippen LogP contribution in [0.5, 0.6) is 17.2 Å². The quantitative estimate of drug-likeness (QED) is 0.106. The van der Waals surface area contributed by atoms with Crippen LogP contribution >= 0.6 is 23.5 Å². The van der Waals surface area contributed by atoms with Crippen molar-refractivity contribution in [1.82, 2.24) is 8.75 Å². The highest BCUT2D eigenvalue weighted by atomic mass is 32.2. The highest BCUT2D eigenvalue weighted by Crippen LogP contribution is 2.41. The second-order valence-corrected chi connectivity index (χ2v) is 11.2. The molecule has 1 heterocycles. The number of ketones is 1. The van der Waals surface area contributed by atoms with E-state index in [1.807, 2.05) is 46.1 Å². The smallest absolute Gasteiger partial charge is 0.336 e. The van der Waals surface area contributed by atoms with Gasteiger partial charge in [0.15, 0.2) is 17.3 Å². The van der Waals surface area contributed by atoms with Gasteiger partial charge in [-0.2, -0.15) is 8.75 Å². The normalized spacial score (nSPS) is 12.0. The largest absolute Gasteiger partial charge is 0.493 e. The predicted molar refractivity (Wildman–Crippen MR) is 163 cm³/mol. The molecule has 4 aromatic rings. The van der Waals surface area contributed by atoms with Crippen molar-refractivity contribution in [2.24, 2.45) is 0 Å². The van der Waals surface area contributed by atoms with Crippen LogP contribution in [0.15, 0.2) is 65.1 Å². The van der Waals surface area contributed by atoms with E-state index in [1.54, 1.807) is 54.2 Å². The molecule has 214 valence electrons. The number of hydrogen-bond acceptors (Lipinski definition) is 9. The van der Waals surface area contributed by atoms with Gasteiger partial charge in [0.05, 0.1) is 36.6 Å². The van der Waals surface area contributed by atoms with Crippen molar-refractivity contribution >= 4 is 51.8 Å². The zero-order valence-electron chi connectivity index (χ0n) is 23.8. The van der Waals surface area contributed by atoms with Crippen molar-refractivity contribution in [3.8, 4) is 17.2 Å². The molecule has 0 aliphatic carbocycles. The molecular formula is C31H32N2O6S2. The summed E-state index contributed by atoms with van der Waals surface area (Å²) in [4.78, 5) is 27.9. The number of carboxylic acids is 1. The predicted octanol–water partition coefficient (Wildman–Crippen LogP) is 6.96. The number of aromatic nitrogens is 2. The Hall–Kier alpha value is -3.89. The van der Waals surface area contributed by atoms with E-state index in [0.29, 0.717) is 45.0 Å². The van der Waals surface area contributed by atoms with Gasteiger partial charge in [-0.05, 0) is 93.6 Å². The summed E-state index contributed by atoms with van der Waals surface area (Å²) in [5.74, 6) is -0.286. The Morgan fingerprint density at radius 2 is 1.51 bits per heavy atom. The van der Waals surface area contributed by atoms with E-state index in [9.17, 15) is 14.7 Å². The average molecular weight is 593 g/mol. The number of nitrogens with zero attached hydrogens (tertiary/aromatic N) is 2. The van der Waals surface area contributed by atoms with Crippen LogP contribution in [-0.2, 0) is 11.2 Å². The minimum absolute atomic E-state index is 0.00483. The van der Waals surface area contributed by atoms with Crippen LogP contribution in [0.4, 0.5) is 0 Å². The van der Waals surface area contributed by atoms with Gasteiger partial charge in [0.25, 0.3) is 0 Å². The maximum absolute atomic E-state index is 14.1. The monoisotopic (exact) mass is 592 g/mol. The number of carbonyl (C=O) groups excluding carboxylic acids is 1. The topological polar surface area (TPSA) is 108 Å². The summed E-state index contributed by atoms with van der Waals surface area (Å²) in [5.41, 5.74) is 2.62. The summed E-state index contributed by atoms with van der Waals surface area (Å²) in [6.45, 7) is 7.61. The first-order chi connectivity index (χ1) is 19.6. The van der Waals surface area contributed by atoms with E-state index in [2.05, 4.69) is 8.75 Å². The lowest BCUT2D eigenvalue weighted by atomic mass is 9.89. The summed E-state index contributed by atoms with van der Waals surface area (Å²) in [6.07, 6.45) is 1.65. The van der Waals surface area contributed by atoms with Crippen molar-refractivity contribution in [2.45, 2.75) is 51.2 Å². The molecule has 0 amide bonds. The molecule has 0 bridgehead atoms. The first-order valence-corrected chi connectivity index (χ1v) is 15.0. The molecule has 1 N–H and O–H groups in total. The van der Waals surface area contributed by atoms with Gasteiger partial charge in [-0.1, -0.05) is 6.07 Å². The van der Waals surface area contributed by atoms with E-state index in [-0.39, 0.29) is 35.6 Å².